The molecular weight excluding hydrogens is 352 g/mol. The van der Waals surface area contributed by atoms with Crippen molar-refractivity contribution in [2.24, 2.45) is 0 Å². The number of thiazole rings is 1. The van der Waals surface area contributed by atoms with Gasteiger partial charge in [0, 0.05) is 0 Å². The van der Waals surface area contributed by atoms with E-state index in [1.165, 1.54) is 22.3 Å². The van der Waals surface area contributed by atoms with Crippen molar-refractivity contribution in [2.45, 2.75) is 25.3 Å². The van der Waals surface area contributed by atoms with Crippen LogP contribution in [0.4, 0.5) is 0 Å². The third-order valence-corrected chi connectivity index (χ3v) is 5.83. The molecular formula is C18H18N4O3S. The van der Waals surface area contributed by atoms with Crippen LogP contribution in [0.15, 0.2) is 45.6 Å². The fourth-order valence-corrected chi connectivity index (χ4v) is 4.63. The molecule has 134 valence electrons. The quantitative estimate of drug-likeness (QED) is 0.586. The summed E-state index contributed by atoms with van der Waals surface area (Å²) in [5, 5.41) is 15.3. The fourth-order valence-electron chi connectivity index (χ4n) is 3.54. The smallest absolute Gasteiger partial charge is 0.230 e. The highest BCUT2D eigenvalue weighted by Crippen LogP contribution is 2.41. The van der Waals surface area contributed by atoms with Gasteiger partial charge in [-0.15, -0.1) is 5.10 Å². The fraction of sp³-hybridized carbons (Fsp3) is 0.333. The van der Waals surface area contributed by atoms with E-state index in [0.717, 1.165) is 36.6 Å². The summed E-state index contributed by atoms with van der Waals surface area (Å²) in [5.74, 6) is 2.00. The van der Waals surface area contributed by atoms with Gasteiger partial charge in [0.05, 0.1) is 17.4 Å². The van der Waals surface area contributed by atoms with Gasteiger partial charge >= 0.3 is 0 Å². The van der Waals surface area contributed by atoms with Crippen molar-refractivity contribution in [3.8, 4) is 17.5 Å². The van der Waals surface area contributed by atoms with E-state index < -0.39 is 0 Å². The zero-order valence-electron chi connectivity index (χ0n) is 14.0. The number of hydrogen-bond acceptors (Lipinski definition) is 7. The lowest BCUT2D eigenvalue weighted by molar-refractivity contribution is 0.169. The van der Waals surface area contributed by atoms with Gasteiger partial charge in [-0.1, -0.05) is 17.8 Å². The summed E-state index contributed by atoms with van der Waals surface area (Å²) in [6, 6.07) is 7.32. The van der Waals surface area contributed by atoms with E-state index >= 15 is 0 Å². The number of rotatable bonds is 4. The van der Waals surface area contributed by atoms with Gasteiger partial charge in [0.1, 0.15) is 11.8 Å². The second kappa shape index (κ2) is 6.30. The van der Waals surface area contributed by atoms with Gasteiger partial charge in [-0.2, -0.15) is 9.50 Å². The predicted octanol–water partition coefficient (Wildman–Crippen LogP) is 3.92. The number of aromatic nitrogens is 3. The molecule has 1 atom stereocenters. The summed E-state index contributed by atoms with van der Waals surface area (Å²) in [6.07, 6.45) is 6.81. The molecule has 1 fully saturated rings. The first-order valence-corrected chi connectivity index (χ1v) is 9.52. The predicted molar refractivity (Wildman–Crippen MR) is 96.2 cm³/mol. The second-order valence-electron chi connectivity index (χ2n) is 6.41. The molecule has 0 aliphatic carbocycles. The molecule has 0 radical (unpaired) electrons. The van der Waals surface area contributed by atoms with Crippen LogP contribution in [-0.4, -0.2) is 37.7 Å². The number of likely N-dealkylation sites (tertiary alicyclic amines) is 1. The third kappa shape index (κ3) is 2.53. The Hall–Kier alpha value is -2.58. The van der Waals surface area contributed by atoms with Crippen molar-refractivity contribution < 1.29 is 13.9 Å². The van der Waals surface area contributed by atoms with E-state index in [1.807, 2.05) is 12.1 Å². The van der Waals surface area contributed by atoms with E-state index in [1.54, 1.807) is 24.7 Å². The van der Waals surface area contributed by atoms with Gasteiger partial charge in [-0.05, 0) is 50.2 Å². The van der Waals surface area contributed by atoms with Crippen LogP contribution in [0.2, 0.25) is 0 Å². The van der Waals surface area contributed by atoms with E-state index in [4.69, 9.17) is 8.83 Å². The molecule has 1 saturated heterocycles. The first-order valence-electron chi connectivity index (χ1n) is 8.71. The lowest BCUT2D eigenvalue weighted by Gasteiger charge is -2.32. The van der Waals surface area contributed by atoms with Crippen LogP contribution < -0.4 is 0 Å². The Morgan fingerprint density at radius 2 is 1.88 bits per heavy atom. The van der Waals surface area contributed by atoms with E-state index in [0.29, 0.717) is 16.5 Å². The van der Waals surface area contributed by atoms with Gasteiger partial charge in [0.15, 0.2) is 5.76 Å². The number of aromatic hydroxyl groups is 1. The molecule has 0 spiro atoms. The minimum atomic E-state index is -0.120. The molecule has 1 N–H and O–H groups in total. The van der Waals surface area contributed by atoms with Crippen molar-refractivity contribution in [3.05, 3.63) is 47.4 Å². The van der Waals surface area contributed by atoms with Crippen molar-refractivity contribution in [1.82, 2.24) is 19.5 Å². The highest BCUT2D eigenvalue weighted by atomic mass is 32.1. The maximum absolute atomic E-state index is 10.9. The monoisotopic (exact) mass is 370 g/mol. The van der Waals surface area contributed by atoms with Crippen LogP contribution in [0.5, 0.6) is 5.88 Å². The van der Waals surface area contributed by atoms with E-state index in [9.17, 15) is 5.11 Å². The Kier molecular flexibility index (Phi) is 3.79. The molecule has 7 nitrogen and oxygen atoms in total. The first kappa shape index (κ1) is 15.7. The Morgan fingerprint density at radius 3 is 2.58 bits per heavy atom. The standard InChI is InChI=1S/C18H18N4O3S/c23-17-15(14(12-6-4-10-24-12)21-8-2-1-3-9-21)26-18-19-16(20-22(17)18)13-7-5-11-25-13/h4-7,10-11,14,23H,1-3,8-9H2. The Labute approximate surface area is 153 Å². The zero-order chi connectivity index (χ0) is 17.5. The molecule has 0 bridgehead atoms. The second-order valence-corrected chi connectivity index (χ2v) is 7.42. The van der Waals surface area contributed by atoms with E-state index in [2.05, 4.69) is 15.0 Å². The number of furan rings is 2. The lowest BCUT2D eigenvalue weighted by Crippen LogP contribution is -2.33. The highest BCUT2D eigenvalue weighted by Gasteiger charge is 2.32. The third-order valence-electron chi connectivity index (χ3n) is 4.76. The molecule has 0 aromatic carbocycles. The van der Waals surface area contributed by atoms with Crippen molar-refractivity contribution >= 4 is 16.3 Å². The summed E-state index contributed by atoms with van der Waals surface area (Å²) in [4.78, 5) is 8.32. The summed E-state index contributed by atoms with van der Waals surface area (Å²) < 4.78 is 12.5. The SMILES string of the molecule is Oc1c(C(c2ccco2)N2CCCCC2)sc2nc(-c3ccco3)nn12. The molecule has 5 heterocycles. The van der Waals surface area contributed by atoms with Crippen LogP contribution in [0.3, 0.4) is 0 Å². The molecule has 5 rings (SSSR count). The summed E-state index contributed by atoms with van der Waals surface area (Å²) >= 11 is 1.44. The topological polar surface area (TPSA) is 79.9 Å². The molecule has 4 aromatic rings. The maximum atomic E-state index is 10.9. The average molecular weight is 370 g/mol. The van der Waals surface area contributed by atoms with Gasteiger partial charge in [0.25, 0.3) is 0 Å². The first-order chi connectivity index (χ1) is 12.8. The zero-order valence-corrected chi connectivity index (χ0v) is 14.9. The molecule has 0 saturated carbocycles. The number of piperidine rings is 1. The van der Waals surface area contributed by atoms with Gasteiger partial charge in [0.2, 0.25) is 16.7 Å². The number of fused-ring (bicyclic) bond motifs is 1. The molecule has 1 aliphatic rings. The lowest BCUT2D eigenvalue weighted by atomic mass is 10.1. The summed E-state index contributed by atoms with van der Waals surface area (Å²) in [7, 11) is 0. The Morgan fingerprint density at radius 1 is 1.08 bits per heavy atom. The maximum Gasteiger partial charge on any atom is 0.230 e. The summed E-state index contributed by atoms with van der Waals surface area (Å²) in [5.41, 5.74) is 0. The normalized spacial score (nSPS) is 17.1. The Balaban J connectivity index is 1.59. The van der Waals surface area contributed by atoms with Gasteiger partial charge in [-0.3, -0.25) is 4.90 Å². The average Bonchev–Trinajstić information content (AvgIpc) is 3.43. The van der Waals surface area contributed by atoms with Crippen LogP contribution in [0.25, 0.3) is 16.5 Å². The number of hydrogen-bond donors (Lipinski definition) is 1. The molecule has 1 unspecified atom stereocenters. The largest absolute Gasteiger partial charge is 0.492 e. The van der Waals surface area contributed by atoms with Crippen LogP contribution in [0, 0.1) is 0 Å². The Bertz CT molecular complexity index is 997. The van der Waals surface area contributed by atoms with Gasteiger partial charge < -0.3 is 13.9 Å². The van der Waals surface area contributed by atoms with Crippen LogP contribution >= 0.6 is 11.3 Å². The van der Waals surface area contributed by atoms with Crippen molar-refractivity contribution in [1.29, 1.82) is 0 Å². The number of nitrogens with zero attached hydrogens (tertiary/aromatic N) is 4. The van der Waals surface area contributed by atoms with Crippen molar-refractivity contribution in [2.75, 3.05) is 13.1 Å². The minimum Gasteiger partial charge on any atom is -0.492 e. The van der Waals surface area contributed by atoms with Crippen molar-refractivity contribution in [3.63, 3.8) is 0 Å². The van der Waals surface area contributed by atoms with Gasteiger partial charge in [-0.25, -0.2) is 0 Å². The minimum absolute atomic E-state index is 0.113. The highest BCUT2D eigenvalue weighted by molar-refractivity contribution is 7.17. The summed E-state index contributed by atoms with van der Waals surface area (Å²) in [6.45, 7) is 1.96. The molecule has 0 amide bonds. The van der Waals surface area contributed by atoms with Crippen LogP contribution in [-0.2, 0) is 0 Å². The molecule has 8 heteroatoms. The molecule has 1 aliphatic heterocycles. The van der Waals surface area contributed by atoms with E-state index in [-0.39, 0.29) is 11.9 Å². The molecule has 4 aromatic heterocycles. The molecule has 26 heavy (non-hydrogen) atoms. The van der Waals surface area contributed by atoms with Crippen LogP contribution in [0.1, 0.15) is 35.9 Å².